The lowest BCUT2D eigenvalue weighted by atomic mass is 9.93. The zero-order chi connectivity index (χ0) is 21.0. The fourth-order valence-electron chi connectivity index (χ4n) is 3.32. The van der Waals surface area contributed by atoms with Crippen molar-refractivity contribution in [3.05, 3.63) is 47.3 Å². The molecule has 1 aromatic carbocycles. The van der Waals surface area contributed by atoms with Gasteiger partial charge >= 0.3 is 18.2 Å². The molecule has 0 aliphatic heterocycles. The number of halogens is 3. The summed E-state index contributed by atoms with van der Waals surface area (Å²) in [5, 5.41) is 5.42. The van der Waals surface area contributed by atoms with E-state index in [2.05, 4.69) is 20.6 Å². The number of rotatable bonds is 4. The molecule has 0 unspecified atom stereocenters. The van der Waals surface area contributed by atoms with Crippen molar-refractivity contribution in [2.45, 2.75) is 57.9 Å². The van der Waals surface area contributed by atoms with Crippen molar-refractivity contribution in [1.29, 1.82) is 0 Å². The van der Waals surface area contributed by atoms with Gasteiger partial charge in [0.1, 0.15) is 6.10 Å². The summed E-state index contributed by atoms with van der Waals surface area (Å²) < 4.78 is 43.6. The maximum absolute atomic E-state index is 12.6. The van der Waals surface area contributed by atoms with E-state index in [1.165, 1.54) is 12.1 Å². The van der Waals surface area contributed by atoms with Gasteiger partial charge in [-0.3, -0.25) is 0 Å². The van der Waals surface area contributed by atoms with Crippen LogP contribution in [-0.2, 0) is 6.18 Å². The van der Waals surface area contributed by atoms with Crippen molar-refractivity contribution in [1.82, 2.24) is 15.3 Å². The number of urea groups is 1. The van der Waals surface area contributed by atoms with Gasteiger partial charge in [0, 0.05) is 23.1 Å². The maximum Gasteiger partial charge on any atom is 0.416 e. The molecule has 0 bridgehead atoms. The van der Waals surface area contributed by atoms with Crippen LogP contribution < -0.4 is 15.4 Å². The third-order valence-electron chi connectivity index (χ3n) is 4.71. The van der Waals surface area contributed by atoms with Crippen molar-refractivity contribution in [2.24, 2.45) is 0 Å². The highest BCUT2D eigenvalue weighted by Gasteiger charge is 2.30. The number of anilines is 1. The second kappa shape index (κ2) is 8.67. The molecule has 9 heteroatoms. The largest absolute Gasteiger partial charge is 0.460 e. The molecule has 1 aliphatic carbocycles. The maximum atomic E-state index is 12.6. The fourth-order valence-corrected chi connectivity index (χ4v) is 3.32. The van der Waals surface area contributed by atoms with Gasteiger partial charge in [0.15, 0.2) is 0 Å². The Kier molecular flexibility index (Phi) is 6.24. The molecule has 3 rings (SSSR count). The van der Waals surface area contributed by atoms with Crippen molar-refractivity contribution in [3.8, 4) is 6.01 Å². The molecule has 1 heterocycles. The van der Waals surface area contributed by atoms with Crippen molar-refractivity contribution in [3.63, 3.8) is 0 Å². The van der Waals surface area contributed by atoms with Crippen LogP contribution >= 0.6 is 0 Å². The first-order chi connectivity index (χ1) is 13.7. The predicted molar refractivity (Wildman–Crippen MR) is 102 cm³/mol. The molecule has 2 amide bonds. The molecule has 2 N–H and O–H groups in total. The lowest BCUT2D eigenvalue weighted by Gasteiger charge is -2.29. The number of aryl methyl sites for hydroxylation is 2. The van der Waals surface area contributed by atoms with Crippen LogP contribution in [0.25, 0.3) is 0 Å². The van der Waals surface area contributed by atoms with Crippen LogP contribution in [-0.4, -0.2) is 28.1 Å². The summed E-state index contributed by atoms with van der Waals surface area (Å²) in [5.41, 5.74) is 1.25. The Morgan fingerprint density at radius 3 is 2.17 bits per heavy atom. The van der Waals surface area contributed by atoms with E-state index in [0.29, 0.717) is 11.7 Å². The summed E-state index contributed by atoms with van der Waals surface area (Å²) in [5.74, 6) is 0. The van der Waals surface area contributed by atoms with Crippen LogP contribution in [0.3, 0.4) is 0 Å². The van der Waals surface area contributed by atoms with Crippen molar-refractivity contribution >= 4 is 11.7 Å². The van der Waals surface area contributed by atoms with E-state index in [1.807, 2.05) is 19.9 Å². The van der Waals surface area contributed by atoms with Gasteiger partial charge in [0.2, 0.25) is 0 Å². The molecule has 0 spiro atoms. The number of nitrogens with one attached hydrogen (secondary N) is 2. The molecule has 1 aliphatic rings. The molecule has 0 radical (unpaired) electrons. The highest BCUT2D eigenvalue weighted by atomic mass is 19.4. The van der Waals surface area contributed by atoms with E-state index in [1.54, 1.807) is 0 Å². The molecule has 156 valence electrons. The zero-order valence-corrected chi connectivity index (χ0v) is 16.2. The monoisotopic (exact) mass is 408 g/mol. The highest BCUT2D eigenvalue weighted by Crippen LogP contribution is 2.30. The first-order valence-corrected chi connectivity index (χ1v) is 9.43. The van der Waals surface area contributed by atoms with Crippen LogP contribution in [0.5, 0.6) is 6.01 Å². The summed E-state index contributed by atoms with van der Waals surface area (Å²) in [6.45, 7) is 3.77. The van der Waals surface area contributed by atoms with Gasteiger partial charge in [0.25, 0.3) is 0 Å². The summed E-state index contributed by atoms with van der Waals surface area (Å²) >= 11 is 0. The Morgan fingerprint density at radius 1 is 1.03 bits per heavy atom. The van der Waals surface area contributed by atoms with E-state index in [4.69, 9.17) is 4.74 Å². The number of hydrogen-bond donors (Lipinski definition) is 2. The Bertz CT molecular complexity index is 828. The molecular formula is C20H23F3N4O2. The average molecular weight is 408 g/mol. The minimum Gasteiger partial charge on any atom is -0.460 e. The smallest absolute Gasteiger partial charge is 0.416 e. The molecule has 6 nitrogen and oxygen atoms in total. The Labute approximate surface area is 166 Å². The Morgan fingerprint density at radius 2 is 1.62 bits per heavy atom. The van der Waals surface area contributed by atoms with E-state index < -0.39 is 17.8 Å². The summed E-state index contributed by atoms with van der Waals surface area (Å²) in [4.78, 5) is 20.7. The van der Waals surface area contributed by atoms with Crippen molar-refractivity contribution in [2.75, 3.05) is 5.32 Å². The quantitative estimate of drug-likeness (QED) is 0.774. The lowest BCUT2D eigenvalue weighted by Crippen LogP contribution is -2.41. The summed E-state index contributed by atoms with van der Waals surface area (Å²) in [6, 6.07) is 6.13. The van der Waals surface area contributed by atoms with Gasteiger partial charge in [-0.25, -0.2) is 14.8 Å². The van der Waals surface area contributed by atoms with Gasteiger partial charge in [-0.05, 0) is 69.9 Å². The number of carbonyl (C=O) groups is 1. The fraction of sp³-hybridized carbons (Fsp3) is 0.450. The summed E-state index contributed by atoms with van der Waals surface area (Å²) in [7, 11) is 0. The molecule has 0 saturated heterocycles. The van der Waals surface area contributed by atoms with E-state index in [0.717, 1.165) is 49.2 Å². The van der Waals surface area contributed by atoms with Gasteiger partial charge in [-0.15, -0.1) is 0 Å². The minimum absolute atomic E-state index is 0.00720. The van der Waals surface area contributed by atoms with E-state index >= 15 is 0 Å². The number of nitrogens with zero attached hydrogens (tertiary/aromatic N) is 2. The Balaban J connectivity index is 1.44. The first-order valence-electron chi connectivity index (χ1n) is 9.43. The van der Waals surface area contributed by atoms with Gasteiger partial charge < -0.3 is 15.4 Å². The normalized spacial score (nSPS) is 19.5. The number of benzene rings is 1. The third-order valence-corrected chi connectivity index (χ3v) is 4.71. The number of hydrogen-bond acceptors (Lipinski definition) is 4. The van der Waals surface area contributed by atoms with Gasteiger partial charge in [-0.2, -0.15) is 13.2 Å². The number of carbonyl (C=O) groups excluding carboxylic acids is 1. The third kappa shape index (κ3) is 6.07. The molecule has 29 heavy (non-hydrogen) atoms. The van der Waals surface area contributed by atoms with E-state index in [9.17, 15) is 18.0 Å². The average Bonchev–Trinajstić information content (AvgIpc) is 2.62. The highest BCUT2D eigenvalue weighted by molar-refractivity contribution is 5.89. The molecule has 0 atom stereocenters. The molecule has 2 aromatic rings. The van der Waals surface area contributed by atoms with Crippen LogP contribution in [0.4, 0.5) is 23.7 Å². The molecule has 1 aromatic heterocycles. The Hall–Kier alpha value is -2.84. The predicted octanol–water partition coefficient (Wildman–Crippen LogP) is 4.62. The van der Waals surface area contributed by atoms with Gasteiger partial charge in [-0.1, -0.05) is 0 Å². The molecular weight excluding hydrogens is 385 g/mol. The van der Waals surface area contributed by atoms with Crippen LogP contribution in [0.15, 0.2) is 30.3 Å². The number of ether oxygens (including phenoxy) is 1. The molecule has 1 fully saturated rings. The minimum atomic E-state index is -4.40. The summed E-state index contributed by atoms with van der Waals surface area (Å²) in [6.07, 6.45) is -1.44. The number of aromatic nitrogens is 2. The van der Waals surface area contributed by atoms with Crippen molar-refractivity contribution < 1.29 is 22.7 Å². The van der Waals surface area contributed by atoms with Crippen LogP contribution in [0.2, 0.25) is 0 Å². The molecule has 1 saturated carbocycles. The second-order valence-corrected chi connectivity index (χ2v) is 7.20. The van der Waals surface area contributed by atoms with E-state index in [-0.39, 0.29) is 12.1 Å². The lowest BCUT2D eigenvalue weighted by molar-refractivity contribution is -0.137. The van der Waals surface area contributed by atoms with Gasteiger partial charge in [0.05, 0.1) is 5.56 Å². The zero-order valence-electron chi connectivity index (χ0n) is 16.2. The van der Waals surface area contributed by atoms with Crippen LogP contribution in [0, 0.1) is 13.8 Å². The first kappa shape index (κ1) is 20.9. The topological polar surface area (TPSA) is 76.1 Å². The SMILES string of the molecule is Cc1cc(C)nc(OC2CCC(NC(=O)Nc3ccc(C(F)(F)F)cc3)CC2)n1. The second-order valence-electron chi connectivity index (χ2n) is 7.20. The number of alkyl halides is 3. The van der Waals surface area contributed by atoms with Crippen LogP contribution in [0.1, 0.15) is 42.6 Å². The number of amides is 2. The standard InChI is InChI=1S/C20H23F3N4O2/c1-12-11-13(2)25-19(24-12)29-17-9-7-16(8-10-17)27-18(28)26-15-5-3-14(4-6-15)20(21,22)23/h3-6,11,16-17H,7-10H2,1-2H3,(H2,26,27,28).